The standard InChI is InChI=1S/C53H44N4S2/c1-33-21-22-54-38(6)53(33)57(45-25-41(23-43(27-45)51-19-17-36(4)58-51)49-29-47(34(2)31-55-49)39-13-9-7-10-14-39)46-26-42(24-44(28-46)52-20-18-37(5)59-52)50-30-48(35(3)32-56-50)40-15-11-8-12-16-40/h7-32H,1-6H3. The number of hydrogen-bond donors (Lipinski definition) is 0. The van der Waals surface area contributed by atoms with Crippen LogP contribution in [-0.2, 0) is 0 Å². The van der Waals surface area contributed by atoms with E-state index < -0.39 is 0 Å². The molecule has 0 unspecified atom stereocenters. The van der Waals surface area contributed by atoms with Crippen LogP contribution in [0.3, 0.4) is 0 Å². The summed E-state index contributed by atoms with van der Waals surface area (Å²) in [5.41, 5.74) is 18.4. The molecule has 288 valence electrons. The lowest BCUT2D eigenvalue weighted by Gasteiger charge is -2.30. The molecule has 6 heteroatoms. The van der Waals surface area contributed by atoms with Crippen molar-refractivity contribution in [2.24, 2.45) is 0 Å². The maximum atomic E-state index is 5.07. The zero-order valence-electron chi connectivity index (χ0n) is 34.1. The van der Waals surface area contributed by atoms with Crippen molar-refractivity contribution in [3.8, 4) is 65.6 Å². The van der Waals surface area contributed by atoms with Gasteiger partial charge >= 0.3 is 0 Å². The smallest absolute Gasteiger partial charge is 0.0709 e. The largest absolute Gasteiger partial charge is 0.308 e. The highest BCUT2D eigenvalue weighted by Gasteiger charge is 2.23. The van der Waals surface area contributed by atoms with Gasteiger partial charge < -0.3 is 4.90 Å². The highest BCUT2D eigenvalue weighted by Crippen LogP contribution is 2.46. The third kappa shape index (κ3) is 7.77. The van der Waals surface area contributed by atoms with Crippen molar-refractivity contribution < 1.29 is 0 Å². The molecular formula is C53H44N4S2. The van der Waals surface area contributed by atoms with E-state index in [0.29, 0.717) is 0 Å². The quantitative estimate of drug-likeness (QED) is 0.146. The fraction of sp³-hybridized carbons (Fsp3) is 0.113. The third-order valence-electron chi connectivity index (χ3n) is 10.9. The van der Waals surface area contributed by atoms with Crippen molar-refractivity contribution in [3.05, 3.63) is 190 Å². The van der Waals surface area contributed by atoms with Crippen LogP contribution >= 0.6 is 22.7 Å². The highest BCUT2D eigenvalue weighted by molar-refractivity contribution is 7.15. The van der Waals surface area contributed by atoms with Gasteiger partial charge in [0.2, 0.25) is 0 Å². The summed E-state index contributed by atoms with van der Waals surface area (Å²) in [6.07, 6.45) is 5.91. The average Bonchev–Trinajstić information content (AvgIpc) is 3.91. The summed E-state index contributed by atoms with van der Waals surface area (Å²) in [6.45, 7) is 12.9. The van der Waals surface area contributed by atoms with Crippen LogP contribution in [0.25, 0.3) is 65.6 Å². The number of nitrogens with zero attached hydrogens (tertiary/aromatic N) is 4. The predicted molar refractivity (Wildman–Crippen MR) is 251 cm³/mol. The van der Waals surface area contributed by atoms with Crippen LogP contribution in [0.15, 0.2) is 158 Å². The Kier molecular flexibility index (Phi) is 10.4. The molecule has 0 atom stereocenters. The molecule has 0 bridgehead atoms. The van der Waals surface area contributed by atoms with Crippen LogP contribution < -0.4 is 4.90 Å². The minimum Gasteiger partial charge on any atom is -0.308 e. The first-order chi connectivity index (χ1) is 28.7. The third-order valence-corrected chi connectivity index (χ3v) is 13.0. The van der Waals surface area contributed by atoms with Crippen LogP contribution in [-0.4, -0.2) is 15.0 Å². The first-order valence-electron chi connectivity index (χ1n) is 19.9. The lowest BCUT2D eigenvalue weighted by Crippen LogP contribution is -2.14. The maximum Gasteiger partial charge on any atom is 0.0709 e. The summed E-state index contributed by atoms with van der Waals surface area (Å²) in [6, 6.07) is 50.5. The molecular weight excluding hydrogens is 757 g/mol. The summed E-state index contributed by atoms with van der Waals surface area (Å²) in [5.74, 6) is 0. The Morgan fingerprint density at radius 3 is 1.29 bits per heavy atom. The van der Waals surface area contributed by atoms with Gasteiger partial charge in [0.15, 0.2) is 0 Å². The minimum absolute atomic E-state index is 0.922. The molecule has 5 heterocycles. The van der Waals surface area contributed by atoms with Gasteiger partial charge in [-0.1, -0.05) is 60.7 Å². The van der Waals surface area contributed by atoms with Crippen molar-refractivity contribution in [2.45, 2.75) is 41.5 Å². The molecule has 4 nitrogen and oxygen atoms in total. The molecule has 0 aliphatic heterocycles. The lowest BCUT2D eigenvalue weighted by atomic mass is 9.97. The molecule has 0 aliphatic carbocycles. The summed E-state index contributed by atoms with van der Waals surface area (Å²) in [7, 11) is 0. The van der Waals surface area contributed by atoms with E-state index in [1.54, 1.807) is 0 Å². The number of rotatable bonds is 9. The Hall–Kier alpha value is -6.47. The fourth-order valence-corrected chi connectivity index (χ4v) is 9.60. The Labute approximate surface area is 355 Å². The van der Waals surface area contributed by atoms with Gasteiger partial charge in [-0.2, -0.15) is 0 Å². The van der Waals surface area contributed by atoms with E-state index in [0.717, 1.165) is 73.1 Å². The molecule has 0 N–H and O–H groups in total. The first-order valence-corrected chi connectivity index (χ1v) is 21.5. The van der Waals surface area contributed by atoms with Crippen molar-refractivity contribution in [1.82, 2.24) is 15.0 Å². The zero-order valence-corrected chi connectivity index (χ0v) is 35.7. The highest BCUT2D eigenvalue weighted by atomic mass is 32.1. The SMILES string of the molecule is Cc1ccc(-c2cc(-c3cc(-c4ccccc4)c(C)cn3)cc(N(c3cc(-c4cc(-c5ccccc5)c(C)cn4)cc(-c4ccc(C)s4)c3)c3c(C)ccnc3C)c2)s1. The number of aromatic nitrogens is 3. The van der Waals surface area contributed by atoms with E-state index in [1.165, 1.54) is 41.8 Å². The van der Waals surface area contributed by atoms with Crippen molar-refractivity contribution in [1.29, 1.82) is 0 Å². The van der Waals surface area contributed by atoms with E-state index in [4.69, 9.17) is 15.0 Å². The monoisotopic (exact) mass is 800 g/mol. The molecule has 59 heavy (non-hydrogen) atoms. The fourth-order valence-electron chi connectivity index (χ4n) is 7.89. The van der Waals surface area contributed by atoms with Crippen LogP contribution in [0.2, 0.25) is 0 Å². The summed E-state index contributed by atoms with van der Waals surface area (Å²) < 4.78 is 0. The van der Waals surface area contributed by atoms with E-state index in [-0.39, 0.29) is 0 Å². The van der Waals surface area contributed by atoms with Gasteiger partial charge in [-0.3, -0.25) is 15.0 Å². The predicted octanol–water partition coefficient (Wildman–Crippen LogP) is 15.3. The topological polar surface area (TPSA) is 41.9 Å². The summed E-state index contributed by atoms with van der Waals surface area (Å²) in [4.78, 5) is 22.4. The molecule has 0 saturated carbocycles. The number of thiophene rings is 2. The molecule has 0 amide bonds. The van der Waals surface area contributed by atoms with Crippen LogP contribution in [0.1, 0.15) is 32.1 Å². The maximum absolute atomic E-state index is 5.07. The van der Waals surface area contributed by atoms with Crippen LogP contribution in [0.5, 0.6) is 0 Å². The molecule has 5 aromatic heterocycles. The van der Waals surface area contributed by atoms with Crippen molar-refractivity contribution in [2.75, 3.05) is 4.90 Å². The minimum atomic E-state index is 0.922. The Morgan fingerprint density at radius 1 is 0.407 bits per heavy atom. The summed E-state index contributed by atoms with van der Waals surface area (Å²) >= 11 is 3.62. The van der Waals surface area contributed by atoms with E-state index in [9.17, 15) is 0 Å². The van der Waals surface area contributed by atoms with Gasteiger partial charge in [-0.15, -0.1) is 22.7 Å². The molecule has 0 saturated heterocycles. The van der Waals surface area contributed by atoms with E-state index in [2.05, 4.69) is 186 Å². The number of aryl methyl sites for hydroxylation is 6. The molecule has 0 fully saturated rings. The molecule has 0 aliphatic rings. The lowest BCUT2D eigenvalue weighted by molar-refractivity contribution is 1.12. The number of hydrogen-bond acceptors (Lipinski definition) is 6. The zero-order chi connectivity index (χ0) is 40.6. The van der Waals surface area contributed by atoms with Gasteiger partial charge in [0.25, 0.3) is 0 Å². The second-order valence-corrected chi connectivity index (χ2v) is 17.8. The van der Waals surface area contributed by atoms with Crippen LogP contribution in [0, 0.1) is 41.5 Å². The van der Waals surface area contributed by atoms with Gasteiger partial charge in [0, 0.05) is 60.6 Å². The Balaban J connectivity index is 1.31. The van der Waals surface area contributed by atoms with Crippen LogP contribution in [0.4, 0.5) is 17.1 Å². The Morgan fingerprint density at radius 2 is 0.864 bits per heavy atom. The number of pyridine rings is 3. The van der Waals surface area contributed by atoms with E-state index in [1.807, 2.05) is 41.3 Å². The second kappa shape index (κ2) is 16.1. The first kappa shape index (κ1) is 38.1. The van der Waals surface area contributed by atoms with Gasteiger partial charge in [-0.05, 0) is 170 Å². The molecule has 9 rings (SSSR count). The van der Waals surface area contributed by atoms with Crippen molar-refractivity contribution >= 4 is 39.7 Å². The van der Waals surface area contributed by atoms with Gasteiger partial charge in [-0.25, -0.2) is 0 Å². The second-order valence-electron chi connectivity index (χ2n) is 15.3. The van der Waals surface area contributed by atoms with Crippen molar-refractivity contribution in [3.63, 3.8) is 0 Å². The average molecular weight is 801 g/mol. The molecule has 4 aromatic carbocycles. The Bertz CT molecular complexity index is 2760. The van der Waals surface area contributed by atoms with E-state index >= 15 is 0 Å². The molecule has 9 aromatic rings. The number of benzene rings is 4. The molecule has 0 spiro atoms. The molecule has 0 radical (unpaired) electrons. The van der Waals surface area contributed by atoms with Gasteiger partial charge in [0.1, 0.15) is 0 Å². The normalized spacial score (nSPS) is 11.2. The van der Waals surface area contributed by atoms with Gasteiger partial charge in [0.05, 0.1) is 22.8 Å². The number of anilines is 3. The summed E-state index contributed by atoms with van der Waals surface area (Å²) in [5, 5.41) is 0.